The zero-order valence-electron chi connectivity index (χ0n) is 9.77. The zero-order valence-corrected chi connectivity index (χ0v) is 10.6. The van der Waals surface area contributed by atoms with E-state index in [0.29, 0.717) is 29.0 Å². The smallest absolute Gasteiger partial charge is 0.223 e. The number of nitrogens with two attached hydrogens (primary N) is 1. The first-order valence-electron chi connectivity index (χ1n) is 5.49. The van der Waals surface area contributed by atoms with E-state index in [-0.39, 0.29) is 0 Å². The summed E-state index contributed by atoms with van der Waals surface area (Å²) in [5, 5.41) is 0. The maximum absolute atomic E-state index is 5.58. The Hall–Kier alpha value is -1.16. The largest absolute Gasteiger partial charge is 0.477 e. The minimum atomic E-state index is 0.326. The number of hydrogen-bond donors (Lipinski definition) is 1. The zero-order chi connectivity index (χ0) is 12.0. The van der Waals surface area contributed by atoms with E-state index >= 15 is 0 Å². The first-order valence-corrected chi connectivity index (χ1v) is 5.89. The van der Waals surface area contributed by atoms with E-state index in [1.807, 2.05) is 6.07 Å². The van der Waals surface area contributed by atoms with Gasteiger partial charge in [0.2, 0.25) is 5.88 Å². The molecule has 0 fully saturated rings. The molecule has 4 heteroatoms. The summed E-state index contributed by atoms with van der Waals surface area (Å²) >= 11 is 4.93. The molecule has 2 N–H and O–H groups in total. The molecule has 1 rings (SSSR count). The van der Waals surface area contributed by atoms with E-state index in [4.69, 9.17) is 22.7 Å². The van der Waals surface area contributed by atoms with Crippen molar-refractivity contribution < 1.29 is 4.74 Å². The Labute approximate surface area is 102 Å². The Balaban J connectivity index is 2.50. The molecule has 0 saturated carbocycles. The van der Waals surface area contributed by atoms with Gasteiger partial charge in [-0.2, -0.15) is 0 Å². The monoisotopic (exact) mass is 238 g/mol. The van der Waals surface area contributed by atoms with Gasteiger partial charge < -0.3 is 10.5 Å². The second-order valence-corrected chi connectivity index (χ2v) is 4.54. The molecule has 0 aliphatic carbocycles. The molecule has 0 spiro atoms. The van der Waals surface area contributed by atoms with Crippen LogP contribution in [0.25, 0.3) is 0 Å². The van der Waals surface area contributed by atoms with Crippen LogP contribution in [0.15, 0.2) is 18.3 Å². The summed E-state index contributed by atoms with van der Waals surface area (Å²) < 4.78 is 5.57. The lowest BCUT2D eigenvalue weighted by atomic mass is 10.1. The van der Waals surface area contributed by atoms with Crippen molar-refractivity contribution >= 4 is 17.2 Å². The maximum atomic E-state index is 5.58. The highest BCUT2D eigenvalue weighted by Crippen LogP contribution is 2.14. The van der Waals surface area contributed by atoms with Crippen LogP contribution in [0.3, 0.4) is 0 Å². The lowest BCUT2D eigenvalue weighted by Gasteiger charge is -2.09. The summed E-state index contributed by atoms with van der Waals surface area (Å²) in [5.41, 5.74) is 6.29. The van der Waals surface area contributed by atoms with Gasteiger partial charge in [0, 0.05) is 6.20 Å². The topological polar surface area (TPSA) is 48.1 Å². The van der Waals surface area contributed by atoms with Crippen LogP contribution < -0.4 is 10.5 Å². The average Bonchev–Trinajstić information content (AvgIpc) is 2.24. The van der Waals surface area contributed by atoms with Gasteiger partial charge >= 0.3 is 0 Å². The third-order valence-electron chi connectivity index (χ3n) is 2.20. The molecule has 88 valence electrons. The molecule has 0 bridgehead atoms. The van der Waals surface area contributed by atoms with Gasteiger partial charge in [0.05, 0.1) is 12.2 Å². The second-order valence-electron chi connectivity index (χ2n) is 4.10. The highest BCUT2D eigenvalue weighted by atomic mass is 32.1. The predicted octanol–water partition coefficient (Wildman–Crippen LogP) is 2.53. The Morgan fingerprint density at radius 2 is 2.31 bits per heavy atom. The van der Waals surface area contributed by atoms with E-state index in [2.05, 4.69) is 18.8 Å². The van der Waals surface area contributed by atoms with Crippen LogP contribution in [-0.2, 0) is 0 Å². The third-order valence-corrected chi connectivity index (χ3v) is 2.42. The van der Waals surface area contributed by atoms with Gasteiger partial charge in [-0.25, -0.2) is 4.98 Å². The molecule has 1 aromatic heterocycles. The summed E-state index contributed by atoms with van der Waals surface area (Å²) in [4.78, 5) is 4.45. The van der Waals surface area contributed by atoms with Gasteiger partial charge in [-0.15, -0.1) is 0 Å². The summed E-state index contributed by atoms with van der Waals surface area (Å²) in [7, 11) is 0. The molecule has 0 aromatic carbocycles. The number of nitrogens with zero attached hydrogens (tertiary/aromatic N) is 1. The predicted molar refractivity (Wildman–Crippen MR) is 69.7 cm³/mol. The quantitative estimate of drug-likeness (QED) is 0.611. The van der Waals surface area contributed by atoms with Crippen molar-refractivity contribution in [2.75, 3.05) is 6.61 Å². The van der Waals surface area contributed by atoms with Crippen molar-refractivity contribution in [2.45, 2.75) is 26.7 Å². The lowest BCUT2D eigenvalue weighted by Crippen LogP contribution is -2.13. The molecule has 0 radical (unpaired) electrons. The molecule has 3 nitrogen and oxygen atoms in total. The number of ether oxygens (including phenoxy) is 1. The minimum absolute atomic E-state index is 0.326. The van der Waals surface area contributed by atoms with Gasteiger partial charge in [0.15, 0.2) is 0 Å². The van der Waals surface area contributed by atoms with Crippen molar-refractivity contribution in [3.63, 3.8) is 0 Å². The van der Waals surface area contributed by atoms with Crippen LogP contribution in [0.2, 0.25) is 0 Å². The van der Waals surface area contributed by atoms with E-state index in [1.165, 1.54) is 0 Å². The summed E-state index contributed by atoms with van der Waals surface area (Å²) in [6.45, 7) is 5.05. The molecule has 0 aliphatic rings. The minimum Gasteiger partial charge on any atom is -0.477 e. The Kier molecular flexibility index (Phi) is 5.19. The van der Waals surface area contributed by atoms with Crippen LogP contribution in [0.1, 0.15) is 32.3 Å². The molecule has 1 heterocycles. The van der Waals surface area contributed by atoms with E-state index in [0.717, 1.165) is 12.8 Å². The van der Waals surface area contributed by atoms with Crippen LogP contribution in [-0.4, -0.2) is 16.6 Å². The molecule has 0 unspecified atom stereocenters. The number of aromatic nitrogens is 1. The van der Waals surface area contributed by atoms with E-state index < -0.39 is 0 Å². The summed E-state index contributed by atoms with van der Waals surface area (Å²) in [6, 6.07) is 3.63. The Morgan fingerprint density at radius 3 is 2.94 bits per heavy atom. The molecule has 0 saturated heterocycles. The van der Waals surface area contributed by atoms with Crippen molar-refractivity contribution in [2.24, 2.45) is 11.7 Å². The Bertz CT molecular complexity index is 353. The molecular weight excluding hydrogens is 220 g/mol. The third kappa shape index (κ3) is 4.14. The average molecular weight is 238 g/mol. The lowest BCUT2D eigenvalue weighted by molar-refractivity contribution is 0.287. The van der Waals surface area contributed by atoms with E-state index in [1.54, 1.807) is 12.3 Å². The van der Waals surface area contributed by atoms with Crippen LogP contribution in [0, 0.1) is 5.92 Å². The fourth-order valence-corrected chi connectivity index (χ4v) is 1.51. The maximum Gasteiger partial charge on any atom is 0.223 e. The normalized spacial score (nSPS) is 10.4. The fourth-order valence-electron chi connectivity index (χ4n) is 1.35. The SMILES string of the molecule is CC(C)CCCOc1ncccc1C(N)=S. The standard InChI is InChI=1S/C12H18N2OS/c1-9(2)5-4-8-15-12-10(11(13)16)6-3-7-14-12/h3,6-7,9H,4-5,8H2,1-2H3,(H2,13,16). The van der Waals surface area contributed by atoms with Crippen LogP contribution in [0.5, 0.6) is 5.88 Å². The molecule has 0 aliphatic heterocycles. The van der Waals surface area contributed by atoms with Gasteiger partial charge in [-0.05, 0) is 30.9 Å². The highest BCUT2D eigenvalue weighted by Gasteiger charge is 2.06. The number of hydrogen-bond acceptors (Lipinski definition) is 3. The van der Waals surface area contributed by atoms with Crippen LogP contribution in [0.4, 0.5) is 0 Å². The number of rotatable bonds is 6. The van der Waals surface area contributed by atoms with E-state index in [9.17, 15) is 0 Å². The molecule has 0 amide bonds. The molecule has 0 atom stereocenters. The Morgan fingerprint density at radius 1 is 1.56 bits per heavy atom. The van der Waals surface area contributed by atoms with Crippen molar-refractivity contribution in [1.82, 2.24) is 4.98 Å². The molecule has 1 aromatic rings. The second kappa shape index (κ2) is 6.43. The van der Waals surface area contributed by atoms with Gasteiger partial charge in [0.25, 0.3) is 0 Å². The van der Waals surface area contributed by atoms with Crippen LogP contribution >= 0.6 is 12.2 Å². The summed E-state index contributed by atoms with van der Waals surface area (Å²) in [5.74, 6) is 1.24. The number of thiocarbonyl (C=S) groups is 1. The van der Waals surface area contributed by atoms with Gasteiger partial charge in [0.1, 0.15) is 4.99 Å². The molecular formula is C12H18N2OS. The first kappa shape index (κ1) is 12.9. The first-order chi connectivity index (χ1) is 7.61. The van der Waals surface area contributed by atoms with Crippen molar-refractivity contribution in [1.29, 1.82) is 0 Å². The van der Waals surface area contributed by atoms with Gasteiger partial charge in [-0.3, -0.25) is 0 Å². The number of pyridine rings is 1. The van der Waals surface area contributed by atoms with Crippen molar-refractivity contribution in [3.05, 3.63) is 23.9 Å². The summed E-state index contributed by atoms with van der Waals surface area (Å²) in [6.07, 6.45) is 3.85. The van der Waals surface area contributed by atoms with Crippen molar-refractivity contribution in [3.8, 4) is 5.88 Å². The van der Waals surface area contributed by atoms with Gasteiger partial charge in [-0.1, -0.05) is 26.1 Å². The highest BCUT2D eigenvalue weighted by molar-refractivity contribution is 7.80. The molecule has 16 heavy (non-hydrogen) atoms. The fraction of sp³-hybridized carbons (Fsp3) is 0.500.